The van der Waals surface area contributed by atoms with Crippen molar-refractivity contribution in [2.45, 2.75) is 0 Å². The summed E-state index contributed by atoms with van der Waals surface area (Å²) in [5.41, 5.74) is -0.123. The number of hydrogen-bond acceptors (Lipinski definition) is 4. The van der Waals surface area contributed by atoms with Gasteiger partial charge in [-0.05, 0) is 17.7 Å². The van der Waals surface area contributed by atoms with Gasteiger partial charge >= 0.3 is 5.16 Å². The molecule has 0 aromatic heterocycles. The molecule has 0 N–H and O–H groups in total. The van der Waals surface area contributed by atoms with E-state index in [4.69, 9.17) is 11.6 Å². The maximum absolute atomic E-state index is 10.5. The first-order valence-corrected chi connectivity index (χ1v) is 4.15. The Bertz CT molecular complexity index is 444. The third kappa shape index (κ3) is 2.75. The van der Waals surface area contributed by atoms with E-state index in [1.165, 1.54) is 24.3 Å². The molecule has 1 aromatic carbocycles. The Hall–Kier alpha value is -1.95. The Balaban J connectivity index is 3.20. The van der Waals surface area contributed by atoms with Crippen LogP contribution in [0.15, 0.2) is 29.4 Å². The van der Waals surface area contributed by atoms with Gasteiger partial charge in [0.25, 0.3) is 5.69 Å². The number of nitro groups is 2. The number of rotatable bonds is 3. The van der Waals surface area contributed by atoms with E-state index in [-0.39, 0.29) is 11.3 Å². The van der Waals surface area contributed by atoms with E-state index in [0.29, 0.717) is 0 Å². The standard InChI is InChI=1S/C8H5ClN2O4/c9-8(11(14)15)5-6-3-1-2-4-7(6)10(12)13/h1-5H/b8-5+. The highest BCUT2D eigenvalue weighted by Gasteiger charge is 2.14. The van der Waals surface area contributed by atoms with Crippen LogP contribution in [0.4, 0.5) is 5.69 Å². The molecule has 0 aliphatic heterocycles. The largest absolute Gasteiger partial charge is 0.338 e. The van der Waals surface area contributed by atoms with E-state index in [1.54, 1.807) is 0 Å². The van der Waals surface area contributed by atoms with Gasteiger partial charge in [-0.3, -0.25) is 20.2 Å². The van der Waals surface area contributed by atoms with Crippen LogP contribution in [0.1, 0.15) is 5.56 Å². The van der Waals surface area contributed by atoms with Gasteiger partial charge in [-0.15, -0.1) is 0 Å². The molecule has 0 saturated heterocycles. The van der Waals surface area contributed by atoms with Crippen molar-refractivity contribution in [3.63, 3.8) is 0 Å². The van der Waals surface area contributed by atoms with Gasteiger partial charge in [0.2, 0.25) is 0 Å². The van der Waals surface area contributed by atoms with Gasteiger partial charge in [0.1, 0.15) is 0 Å². The SMILES string of the molecule is O=[N+]([O-])/C(Cl)=C/c1ccccc1[N+](=O)[O-]. The van der Waals surface area contributed by atoms with E-state index < -0.39 is 15.0 Å². The predicted molar refractivity (Wildman–Crippen MR) is 53.9 cm³/mol. The van der Waals surface area contributed by atoms with Crippen LogP contribution in [0.25, 0.3) is 6.08 Å². The van der Waals surface area contributed by atoms with E-state index in [9.17, 15) is 20.2 Å². The summed E-state index contributed by atoms with van der Waals surface area (Å²) in [6.07, 6.45) is 0.944. The molecular formula is C8H5ClN2O4. The van der Waals surface area contributed by atoms with Crippen LogP contribution in [-0.4, -0.2) is 9.85 Å². The minimum atomic E-state index is -0.821. The lowest BCUT2D eigenvalue weighted by Crippen LogP contribution is -1.94. The highest BCUT2D eigenvalue weighted by atomic mass is 35.5. The van der Waals surface area contributed by atoms with Crippen molar-refractivity contribution < 1.29 is 9.85 Å². The van der Waals surface area contributed by atoms with Crippen LogP contribution in [0.5, 0.6) is 0 Å². The molecule has 15 heavy (non-hydrogen) atoms. The zero-order valence-electron chi connectivity index (χ0n) is 7.29. The molecule has 0 aliphatic rings. The van der Waals surface area contributed by atoms with Crippen molar-refractivity contribution in [1.82, 2.24) is 0 Å². The third-order valence-corrected chi connectivity index (χ3v) is 1.83. The number of halogens is 1. The Kier molecular flexibility index (Phi) is 3.35. The fraction of sp³-hybridized carbons (Fsp3) is 0. The maximum Gasteiger partial charge on any atom is 0.338 e. The second-order valence-corrected chi connectivity index (χ2v) is 2.93. The van der Waals surface area contributed by atoms with Crippen LogP contribution in [0, 0.1) is 20.2 Å². The van der Waals surface area contributed by atoms with Crippen molar-refractivity contribution in [3.05, 3.63) is 55.2 Å². The van der Waals surface area contributed by atoms with Crippen molar-refractivity contribution in [1.29, 1.82) is 0 Å². The molecule has 7 heteroatoms. The lowest BCUT2D eigenvalue weighted by molar-refractivity contribution is -0.410. The normalized spacial score (nSPS) is 11.1. The predicted octanol–water partition coefficient (Wildman–Crippen LogP) is 2.41. The molecule has 0 saturated carbocycles. The van der Waals surface area contributed by atoms with Gasteiger partial charge in [0, 0.05) is 12.1 Å². The number of nitro benzene ring substituents is 1. The van der Waals surface area contributed by atoms with Crippen LogP contribution >= 0.6 is 11.6 Å². The molecule has 6 nitrogen and oxygen atoms in total. The first-order chi connectivity index (χ1) is 7.02. The Labute approximate surface area is 89.1 Å². The van der Waals surface area contributed by atoms with E-state index in [0.717, 1.165) is 6.08 Å². The van der Waals surface area contributed by atoms with Gasteiger partial charge in [-0.2, -0.15) is 0 Å². The monoisotopic (exact) mass is 228 g/mol. The van der Waals surface area contributed by atoms with Gasteiger partial charge in [-0.1, -0.05) is 12.1 Å². The molecule has 0 radical (unpaired) electrons. The smallest absolute Gasteiger partial charge is 0.258 e. The summed E-state index contributed by atoms with van der Waals surface area (Å²) in [6.45, 7) is 0. The number of para-hydroxylation sites is 1. The van der Waals surface area contributed by atoms with Crippen molar-refractivity contribution in [2.75, 3.05) is 0 Å². The molecule has 0 aliphatic carbocycles. The van der Waals surface area contributed by atoms with Gasteiger partial charge in [-0.25, -0.2) is 0 Å². The summed E-state index contributed by atoms with van der Waals surface area (Å²) in [5, 5.41) is 20.1. The molecule has 0 heterocycles. The van der Waals surface area contributed by atoms with Gasteiger partial charge < -0.3 is 0 Å². The van der Waals surface area contributed by atoms with Crippen molar-refractivity contribution in [3.8, 4) is 0 Å². The zero-order valence-corrected chi connectivity index (χ0v) is 8.05. The highest BCUT2D eigenvalue weighted by Crippen LogP contribution is 2.21. The molecule has 0 unspecified atom stereocenters. The molecule has 0 amide bonds. The fourth-order valence-corrected chi connectivity index (χ4v) is 1.07. The summed E-state index contributed by atoms with van der Waals surface area (Å²) in [7, 11) is 0. The fourth-order valence-electron chi connectivity index (χ4n) is 0.957. The molecular weight excluding hydrogens is 224 g/mol. The third-order valence-electron chi connectivity index (χ3n) is 1.58. The van der Waals surface area contributed by atoms with Crippen molar-refractivity contribution in [2.24, 2.45) is 0 Å². The minimum absolute atomic E-state index is 0.101. The lowest BCUT2D eigenvalue weighted by atomic mass is 10.2. The molecule has 1 aromatic rings. The van der Waals surface area contributed by atoms with E-state index in [1.807, 2.05) is 0 Å². The first-order valence-electron chi connectivity index (χ1n) is 3.77. The Morgan fingerprint density at radius 2 is 1.87 bits per heavy atom. The second-order valence-electron chi connectivity index (χ2n) is 2.54. The quantitative estimate of drug-likeness (QED) is 0.452. The highest BCUT2D eigenvalue weighted by molar-refractivity contribution is 6.29. The summed E-state index contributed by atoms with van der Waals surface area (Å²) in [6, 6.07) is 5.62. The number of nitrogens with zero attached hydrogens (tertiary/aromatic N) is 2. The topological polar surface area (TPSA) is 86.3 Å². The van der Waals surface area contributed by atoms with Crippen LogP contribution < -0.4 is 0 Å². The minimum Gasteiger partial charge on any atom is -0.258 e. The summed E-state index contributed by atoms with van der Waals surface area (Å²) >= 11 is 5.27. The average Bonchev–Trinajstić information content (AvgIpc) is 2.18. The molecule has 0 spiro atoms. The van der Waals surface area contributed by atoms with Crippen LogP contribution in [0.2, 0.25) is 0 Å². The zero-order chi connectivity index (χ0) is 11.4. The molecule has 0 fully saturated rings. The molecule has 1 rings (SSSR count). The van der Waals surface area contributed by atoms with E-state index in [2.05, 4.69) is 0 Å². The molecule has 0 atom stereocenters. The number of benzene rings is 1. The lowest BCUT2D eigenvalue weighted by Gasteiger charge is -1.95. The summed E-state index contributed by atoms with van der Waals surface area (Å²) < 4.78 is 0. The van der Waals surface area contributed by atoms with Crippen molar-refractivity contribution >= 4 is 23.4 Å². The molecule has 0 bridgehead atoms. The summed E-state index contributed by atoms with van der Waals surface area (Å²) in [4.78, 5) is 19.3. The van der Waals surface area contributed by atoms with Gasteiger partial charge in [0.15, 0.2) is 0 Å². The molecule has 78 valence electrons. The van der Waals surface area contributed by atoms with Crippen LogP contribution in [-0.2, 0) is 0 Å². The summed E-state index contributed by atoms with van der Waals surface area (Å²) in [5.74, 6) is 0. The Morgan fingerprint density at radius 1 is 1.27 bits per heavy atom. The Morgan fingerprint density at radius 3 is 2.40 bits per heavy atom. The second kappa shape index (κ2) is 4.52. The van der Waals surface area contributed by atoms with Gasteiger partial charge in [0.05, 0.1) is 15.4 Å². The number of hydrogen-bond donors (Lipinski definition) is 0. The maximum atomic E-state index is 10.5. The average molecular weight is 229 g/mol. The van der Waals surface area contributed by atoms with Crippen LogP contribution in [0.3, 0.4) is 0 Å². The van der Waals surface area contributed by atoms with E-state index >= 15 is 0 Å². The first kappa shape index (κ1) is 11.1.